The lowest BCUT2D eigenvalue weighted by Gasteiger charge is -2.18. The number of halogens is 2. The van der Waals surface area contributed by atoms with Gasteiger partial charge in [-0.15, -0.1) is 0 Å². The highest BCUT2D eigenvalue weighted by Gasteiger charge is 2.15. The van der Waals surface area contributed by atoms with Crippen LogP contribution in [0.3, 0.4) is 0 Å². The van der Waals surface area contributed by atoms with Gasteiger partial charge in [0.2, 0.25) is 0 Å². The number of nitrogens with zero attached hydrogens (tertiary/aromatic N) is 1. The highest BCUT2D eigenvalue weighted by atomic mass is 35.5. The number of aromatic nitrogens is 1. The summed E-state index contributed by atoms with van der Waals surface area (Å²) in [5.41, 5.74) is 2.47. The van der Waals surface area contributed by atoms with Gasteiger partial charge in [-0.1, -0.05) is 67.4 Å². The van der Waals surface area contributed by atoms with Crippen LogP contribution in [0.15, 0.2) is 36.4 Å². The SMILES string of the molecule is CC(C)(C)c1ccc(C(=O)Nc2nc3c(Cl)cc(Cl)cc3s2)cc1. The topological polar surface area (TPSA) is 42.0 Å². The van der Waals surface area contributed by atoms with Crippen molar-refractivity contribution in [1.29, 1.82) is 0 Å². The van der Waals surface area contributed by atoms with Gasteiger partial charge in [0.15, 0.2) is 5.13 Å². The Morgan fingerprint density at radius 2 is 1.79 bits per heavy atom. The molecule has 0 radical (unpaired) electrons. The van der Waals surface area contributed by atoms with Crippen molar-refractivity contribution < 1.29 is 4.79 Å². The minimum Gasteiger partial charge on any atom is -0.298 e. The van der Waals surface area contributed by atoms with E-state index in [1.165, 1.54) is 16.9 Å². The van der Waals surface area contributed by atoms with Gasteiger partial charge >= 0.3 is 0 Å². The molecule has 0 aliphatic heterocycles. The van der Waals surface area contributed by atoms with Crippen LogP contribution in [0, 0.1) is 0 Å². The van der Waals surface area contributed by atoms with Crippen molar-refractivity contribution in [2.75, 3.05) is 5.32 Å². The number of rotatable bonds is 2. The Balaban J connectivity index is 1.83. The first-order chi connectivity index (χ1) is 11.2. The Hall–Kier alpha value is -1.62. The van der Waals surface area contributed by atoms with Gasteiger partial charge in [-0.3, -0.25) is 10.1 Å². The fourth-order valence-corrected chi connectivity index (χ4v) is 3.89. The number of hydrogen-bond acceptors (Lipinski definition) is 3. The molecule has 0 saturated carbocycles. The van der Waals surface area contributed by atoms with Gasteiger partial charge in [0, 0.05) is 10.6 Å². The van der Waals surface area contributed by atoms with Crippen molar-refractivity contribution in [2.24, 2.45) is 0 Å². The molecule has 24 heavy (non-hydrogen) atoms. The number of benzene rings is 2. The van der Waals surface area contributed by atoms with Gasteiger partial charge in [-0.05, 0) is 35.2 Å². The molecule has 0 atom stereocenters. The third-order valence-corrected chi connectivity index (χ3v) is 5.07. The molecule has 3 aromatic rings. The van der Waals surface area contributed by atoms with Crippen LogP contribution in [0.25, 0.3) is 10.2 Å². The second-order valence-electron chi connectivity index (χ2n) is 6.53. The van der Waals surface area contributed by atoms with E-state index in [1.54, 1.807) is 12.1 Å². The fraction of sp³-hybridized carbons (Fsp3) is 0.222. The maximum Gasteiger partial charge on any atom is 0.257 e. The number of anilines is 1. The van der Waals surface area contributed by atoms with Gasteiger partial charge in [-0.2, -0.15) is 0 Å². The summed E-state index contributed by atoms with van der Waals surface area (Å²) in [4.78, 5) is 16.8. The minimum atomic E-state index is -0.197. The van der Waals surface area contributed by atoms with Crippen molar-refractivity contribution >= 4 is 55.8 Å². The molecule has 1 heterocycles. The summed E-state index contributed by atoms with van der Waals surface area (Å²) in [6.07, 6.45) is 0. The molecule has 0 bridgehead atoms. The predicted molar refractivity (Wildman–Crippen MR) is 103 cm³/mol. The fourth-order valence-electron chi connectivity index (χ4n) is 2.30. The zero-order valence-corrected chi connectivity index (χ0v) is 15.8. The maximum atomic E-state index is 12.4. The largest absolute Gasteiger partial charge is 0.298 e. The molecular formula is C18H16Cl2N2OS. The highest BCUT2D eigenvalue weighted by molar-refractivity contribution is 7.22. The van der Waals surface area contributed by atoms with Crippen molar-refractivity contribution in [2.45, 2.75) is 26.2 Å². The molecule has 0 aliphatic rings. The molecule has 2 aromatic carbocycles. The second-order valence-corrected chi connectivity index (χ2v) is 8.41. The van der Waals surface area contributed by atoms with Gasteiger partial charge in [0.05, 0.1) is 9.72 Å². The van der Waals surface area contributed by atoms with E-state index in [9.17, 15) is 4.79 Å². The summed E-state index contributed by atoms with van der Waals surface area (Å²) in [5.74, 6) is -0.197. The summed E-state index contributed by atoms with van der Waals surface area (Å²) >= 11 is 13.5. The van der Waals surface area contributed by atoms with Crippen LogP contribution in [0.1, 0.15) is 36.7 Å². The van der Waals surface area contributed by atoms with Crippen LogP contribution in [0.2, 0.25) is 10.0 Å². The average molecular weight is 379 g/mol. The molecule has 1 aromatic heterocycles. The molecule has 124 valence electrons. The van der Waals surface area contributed by atoms with Crippen molar-refractivity contribution in [3.05, 3.63) is 57.6 Å². The van der Waals surface area contributed by atoms with Gasteiger partial charge in [-0.25, -0.2) is 4.98 Å². The smallest absolute Gasteiger partial charge is 0.257 e. The Labute approximate surface area is 154 Å². The van der Waals surface area contributed by atoms with E-state index in [0.717, 1.165) is 4.70 Å². The molecule has 0 fully saturated rings. The Morgan fingerprint density at radius 3 is 2.42 bits per heavy atom. The third-order valence-electron chi connectivity index (χ3n) is 3.65. The van der Waals surface area contributed by atoms with Gasteiger partial charge in [0.25, 0.3) is 5.91 Å². The van der Waals surface area contributed by atoms with Crippen LogP contribution in [0.5, 0.6) is 0 Å². The molecule has 3 nitrogen and oxygen atoms in total. The summed E-state index contributed by atoms with van der Waals surface area (Å²) in [7, 11) is 0. The monoisotopic (exact) mass is 378 g/mol. The number of hydrogen-bond donors (Lipinski definition) is 1. The molecule has 0 saturated heterocycles. The van der Waals surface area contributed by atoms with Crippen LogP contribution in [0.4, 0.5) is 5.13 Å². The summed E-state index contributed by atoms with van der Waals surface area (Å²) < 4.78 is 0.839. The Bertz CT molecular complexity index is 911. The molecule has 0 unspecified atom stereocenters. The van der Waals surface area contributed by atoms with E-state index < -0.39 is 0 Å². The van der Waals surface area contributed by atoms with E-state index in [0.29, 0.717) is 26.3 Å². The number of amides is 1. The Kier molecular flexibility index (Phi) is 4.56. The average Bonchev–Trinajstić information content (AvgIpc) is 2.89. The standard InChI is InChI=1S/C18H16Cl2N2OS/c1-18(2,3)11-6-4-10(5-7-11)16(23)22-17-21-15-13(20)8-12(19)9-14(15)24-17/h4-9H,1-3H3,(H,21,22,23). The summed E-state index contributed by atoms with van der Waals surface area (Å²) in [6.45, 7) is 6.41. The zero-order valence-electron chi connectivity index (χ0n) is 13.5. The van der Waals surface area contributed by atoms with E-state index in [2.05, 4.69) is 31.1 Å². The van der Waals surface area contributed by atoms with E-state index in [1.807, 2.05) is 24.3 Å². The first-order valence-electron chi connectivity index (χ1n) is 7.41. The van der Waals surface area contributed by atoms with E-state index >= 15 is 0 Å². The number of carbonyl (C=O) groups is 1. The number of nitrogens with one attached hydrogen (secondary N) is 1. The van der Waals surface area contributed by atoms with E-state index in [-0.39, 0.29) is 11.3 Å². The quantitative estimate of drug-likeness (QED) is 0.580. The van der Waals surface area contributed by atoms with Crippen LogP contribution in [-0.4, -0.2) is 10.9 Å². The molecule has 0 spiro atoms. The van der Waals surface area contributed by atoms with Crippen molar-refractivity contribution in [3.8, 4) is 0 Å². The van der Waals surface area contributed by atoms with Crippen LogP contribution in [-0.2, 0) is 5.41 Å². The lowest BCUT2D eigenvalue weighted by molar-refractivity contribution is 0.102. The minimum absolute atomic E-state index is 0.0536. The van der Waals surface area contributed by atoms with Gasteiger partial charge < -0.3 is 0 Å². The van der Waals surface area contributed by atoms with Gasteiger partial charge in [0.1, 0.15) is 5.52 Å². The first-order valence-corrected chi connectivity index (χ1v) is 8.99. The van der Waals surface area contributed by atoms with Crippen LogP contribution >= 0.6 is 34.5 Å². The van der Waals surface area contributed by atoms with Crippen molar-refractivity contribution in [3.63, 3.8) is 0 Å². The summed E-state index contributed by atoms with van der Waals surface area (Å²) in [5, 5.41) is 4.34. The molecule has 0 aliphatic carbocycles. The third kappa shape index (κ3) is 3.56. The molecule has 1 amide bonds. The normalized spacial score (nSPS) is 11.7. The molecule has 6 heteroatoms. The lowest BCUT2D eigenvalue weighted by Crippen LogP contribution is -2.14. The number of fused-ring (bicyclic) bond motifs is 1. The molecular weight excluding hydrogens is 363 g/mol. The molecule has 1 N–H and O–H groups in total. The van der Waals surface area contributed by atoms with E-state index in [4.69, 9.17) is 23.2 Å². The first kappa shape index (κ1) is 17.2. The maximum absolute atomic E-state index is 12.4. The predicted octanol–water partition coefficient (Wildman–Crippen LogP) is 6.15. The van der Waals surface area contributed by atoms with Crippen LogP contribution < -0.4 is 5.32 Å². The Morgan fingerprint density at radius 1 is 1.12 bits per heavy atom. The number of thiazole rings is 1. The highest BCUT2D eigenvalue weighted by Crippen LogP contribution is 2.34. The second kappa shape index (κ2) is 6.36. The zero-order chi connectivity index (χ0) is 17.5. The van der Waals surface area contributed by atoms with Crippen molar-refractivity contribution in [1.82, 2.24) is 4.98 Å². The molecule has 3 rings (SSSR count). The number of carbonyl (C=O) groups excluding carboxylic acids is 1. The summed E-state index contributed by atoms with van der Waals surface area (Å²) in [6, 6.07) is 11.0. The lowest BCUT2D eigenvalue weighted by atomic mass is 9.87.